The minimum atomic E-state index is 0. The summed E-state index contributed by atoms with van der Waals surface area (Å²) in [7, 11) is 0. The molecule has 0 heterocycles. The molecule has 5 heavy (non-hydrogen) atoms. The fourth-order valence-electron chi connectivity index (χ4n) is 0. The molecule has 0 heteroatoms. The van der Waals surface area contributed by atoms with Gasteiger partial charge in [0.25, 0.3) is 0 Å². The van der Waals surface area contributed by atoms with Crippen LogP contribution >= 0.6 is 0 Å². The van der Waals surface area contributed by atoms with E-state index < -0.39 is 0 Å². The van der Waals surface area contributed by atoms with Crippen LogP contribution in [-0.2, 0) is 0 Å². The van der Waals surface area contributed by atoms with Crippen molar-refractivity contribution in [1.82, 2.24) is 0 Å². The predicted octanol–water partition coefficient (Wildman–Crippen LogP) is 2.03. The molecule has 0 saturated heterocycles. The number of allylic oxidation sites excluding steroid dienone is 2. The summed E-state index contributed by atoms with van der Waals surface area (Å²) in [5.41, 5.74) is 0. The van der Waals surface area contributed by atoms with E-state index in [1.54, 1.807) is 0 Å². The lowest BCUT2D eigenvalue weighted by Gasteiger charge is -1.49. The number of hydrogen-bond acceptors (Lipinski definition) is 0. The summed E-state index contributed by atoms with van der Waals surface area (Å²) >= 11 is 0. The first kappa shape index (κ1) is 8.83. The van der Waals surface area contributed by atoms with Crippen LogP contribution in [0.1, 0.15) is 13.8 Å². The van der Waals surface area contributed by atoms with Crippen molar-refractivity contribution in [3.8, 4) is 0 Å². The highest BCUT2D eigenvalue weighted by molar-refractivity contribution is 4.68. The van der Waals surface area contributed by atoms with Gasteiger partial charge in [0.1, 0.15) is 0 Å². The predicted molar refractivity (Wildman–Crippen MR) is 26.9 cm³/mol. The topological polar surface area (TPSA) is 0 Å². The zero-order chi connectivity index (χ0) is 3.41. The third kappa shape index (κ3) is 20.7. The van der Waals surface area contributed by atoms with E-state index in [4.69, 9.17) is 0 Å². The molecule has 0 aromatic carbocycles. The van der Waals surface area contributed by atoms with Crippen molar-refractivity contribution < 1.29 is 0 Å². The molecular weight excluding hydrogens is 60.1 g/mol. The van der Waals surface area contributed by atoms with Gasteiger partial charge in [-0.2, -0.15) is 0 Å². The Morgan fingerprint density at radius 1 is 1.00 bits per heavy atom. The molecule has 0 aliphatic rings. The van der Waals surface area contributed by atoms with Crippen molar-refractivity contribution in [3.05, 3.63) is 19.6 Å². The molecule has 0 radical (unpaired) electrons. The molecule has 0 fully saturated rings. The van der Waals surface area contributed by atoms with Crippen LogP contribution in [0.4, 0.5) is 0 Å². The smallest absolute Gasteiger partial charge is 0.0470 e. The fraction of sp³-hybridized carbons (Fsp3) is 0.400. The molecule has 0 aromatic rings. The van der Waals surface area contributed by atoms with Crippen LogP contribution in [0.5, 0.6) is 0 Å². The lowest BCUT2D eigenvalue weighted by Crippen LogP contribution is -1.26. The Hall–Kier alpha value is -0.260. The Labute approximate surface area is 34.5 Å². The zero-order valence-electron chi connectivity index (χ0n) is 4.15. The molecule has 0 atom stereocenters. The molecule has 0 aromatic heterocycles. The van der Waals surface area contributed by atoms with Crippen molar-refractivity contribution >= 4 is 0 Å². The van der Waals surface area contributed by atoms with Gasteiger partial charge in [-0.15, -0.1) is 0 Å². The molecular formula is C5H11-. The monoisotopic (exact) mass is 71.1 g/mol. The van der Waals surface area contributed by atoms with Crippen LogP contribution in [-0.4, -0.2) is 0 Å². The van der Waals surface area contributed by atoms with Gasteiger partial charge in [-0.25, -0.2) is 0 Å². The van der Waals surface area contributed by atoms with Gasteiger partial charge in [0, 0.05) is 0 Å². The third-order valence-electron chi connectivity index (χ3n) is 0.333. The van der Waals surface area contributed by atoms with Gasteiger partial charge in [0.05, 0.1) is 0 Å². The molecule has 0 rings (SSSR count). The second-order valence-corrected chi connectivity index (χ2v) is 0.667. The van der Waals surface area contributed by atoms with Crippen LogP contribution in [0, 0.1) is 7.43 Å². The van der Waals surface area contributed by atoms with E-state index in [0.717, 1.165) is 0 Å². The first-order valence-corrected chi connectivity index (χ1v) is 1.49. The second kappa shape index (κ2) is 9.27. The quantitative estimate of drug-likeness (QED) is 0.303. The Balaban J connectivity index is 0. The summed E-state index contributed by atoms with van der Waals surface area (Å²) in [6.45, 7) is 4.00. The highest BCUT2D eigenvalue weighted by atomic mass is 13.4. The van der Waals surface area contributed by atoms with Gasteiger partial charge in [-0.3, -0.25) is 0 Å². The van der Waals surface area contributed by atoms with Gasteiger partial charge in [-0.1, -0.05) is 12.2 Å². The summed E-state index contributed by atoms with van der Waals surface area (Å²) in [6.07, 6.45) is 4.00. The molecule has 0 bridgehead atoms. The highest BCUT2D eigenvalue weighted by Gasteiger charge is 1.34. The van der Waals surface area contributed by atoms with E-state index in [2.05, 4.69) is 0 Å². The Morgan fingerprint density at radius 3 is 1.20 bits per heavy atom. The van der Waals surface area contributed by atoms with Crippen molar-refractivity contribution in [1.29, 1.82) is 0 Å². The molecule has 0 N–H and O–H groups in total. The van der Waals surface area contributed by atoms with Gasteiger partial charge < -0.3 is 7.43 Å². The lowest BCUT2D eigenvalue weighted by atomic mass is 10.6. The Morgan fingerprint density at radius 2 is 1.20 bits per heavy atom. The van der Waals surface area contributed by atoms with Crippen LogP contribution in [0.15, 0.2) is 12.2 Å². The van der Waals surface area contributed by atoms with Crippen LogP contribution in [0.3, 0.4) is 0 Å². The van der Waals surface area contributed by atoms with E-state index >= 15 is 0 Å². The molecule has 0 aliphatic carbocycles. The normalized spacial score (nSPS) is 7.60. The van der Waals surface area contributed by atoms with Gasteiger partial charge in [0.2, 0.25) is 0 Å². The summed E-state index contributed by atoms with van der Waals surface area (Å²) < 4.78 is 0. The van der Waals surface area contributed by atoms with E-state index in [-0.39, 0.29) is 7.43 Å². The van der Waals surface area contributed by atoms with Crippen LogP contribution < -0.4 is 0 Å². The summed E-state index contributed by atoms with van der Waals surface area (Å²) in [4.78, 5) is 0. The van der Waals surface area contributed by atoms with Crippen LogP contribution in [0.2, 0.25) is 0 Å². The minimum Gasteiger partial charge on any atom is -0.358 e. The largest absolute Gasteiger partial charge is 0.358 e. The maximum Gasteiger partial charge on any atom is -0.0470 e. The summed E-state index contributed by atoms with van der Waals surface area (Å²) in [6, 6.07) is 0. The van der Waals surface area contributed by atoms with E-state index in [0.29, 0.717) is 0 Å². The fourth-order valence-corrected chi connectivity index (χ4v) is 0. The molecule has 0 unspecified atom stereocenters. The van der Waals surface area contributed by atoms with Crippen molar-refractivity contribution in [3.63, 3.8) is 0 Å². The van der Waals surface area contributed by atoms with Crippen molar-refractivity contribution in [2.75, 3.05) is 0 Å². The Kier molecular flexibility index (Phi) is 16.4. The summed E-state index contributed by atoms with van der Waals surface area (Å²) in [5, 5.41) is 0. The van der Waals surface area contributed by atoms with E-state index in [1.165, 1.54) is 0 Å². The lowest BCUT2D eigenvalue weighted by molar-refractivity contribution is 1.64. The zero-order valence-corrected chi connectivity index (χ0v) is 4.15. The molecule has 0 saturated carbocycles. The first-order valence-electron chi connectivity index (χ1n) is 1.49. The maximum absolute atomic E-state index is 2.00. The maximum atomic E-state index is 2.00. The third-order valence-corrected chi connectivity index (χ3v) is 0.333. The van der Waals surface area contributed by atoms with Crippen molar-refractivity contribution in [2.24, 2.45) is 0 Å². The number of rotatable bonds is 0. The molecule has 0 amide bonds. The van der Waals surface area contributed by atoms with Crippen LogP contribution in [0.25, 0.3) is 0 Å². The highest BCUT2D eigenvalue weighted by Crippen LogP contribution is 1.57. The van der Waals surface area contributed by atoms with Gasteiger partial charge in [0.15, 0.2) is 0 Å². The molecule has 0 aliphatic heterocycles. The average molecular weight is 71.1 g/mol. The van der Waals surface area contributed by atoms with Crippen molar-refractivity contribution in [2.45, 2.75) is 13.8 Å². The molecule has 0 spiro atoms. The van der Waals surface area contributed by atoms with E-state index in [9.17, 15) is 0 Å². The second-order valence-electron chi connectivity index (χ2n) is 0.667. The van der Waals surface area contributed by atoms with Gasteiger partial charge >= 0.3 is 0 Å². The molecule has 0 nitrogen and oxygen atoms in total. The first-order chi connectivity index (χ1) is 1.91. The average Bonchev–Trinajstić information content (AvgIpc) is 1.37. The number of hydrogen-bond donors (Lipinski definition) is 0. The summed E-state index contributed by atoms with van der Waals surface area (Å²) in [5.74, 6) is 0. The van der Waals surface area contributed by atoms with E-state index in [1.807, 2.05) is 26.0 Å². The molecule has 32 valence electrons. The Bertz CT molecular complexity index is 15.2. The standard InChI is InChI=1S/C4H8.CH3/c1-3-4-2;/h3-4H,1-2H3;1H3/q;-1/b4-3-;. The minimum absolute atomic E-state index is 0. The van der Waals surface area contributed by atoms with Gasteiger partial charge in [-0.05, 0) is 13.8 Å². The SMILES string of the molecule is C/C=C\C.[CH3-].